The molecule has 100 valence electrons. The second-order valence-corrected chi connectivity index (χ2v) is 5.61. The number of hydrogen-bond donors (Lipinski definition) is 1. The highest BCUT2D eigenvalue weighted by Crippen LogP contribution is 2.26. The molecule has 0 amide bonds. The van der Waals surface area contributed by atoms with E-state index in [0.717, 1.165) is 16.3 Å². The molecule has 0 saturated heterocycles. The van der Waals surface area contributed by atoms with Crippen LogP contribution in [0.1, 0.15) is 33.3 Å². The highest BCUT2D eigenvalue weighted by atomic mass is 35.5. The second-order valence-electron chi connectivity index (χ2n) is 5.20. The van der Waals surface area contributed by atoms with Gasteiger partial charge in [0.1, 0.15) is 12.4 Å². The van der Waals surface area contributed by atoms with Gasteiger partial charge in [-0.15, -0.1) is 0 Å². The zero-order valence-electron chi connectivity index (χ0n) is 11.6. The quantitative estimate of drug-likeness (QED) is 0.808. The molecule has 0 aliphatic rings. The van der Waals surface area contributed by atoms with Crippen molar-refractivity contribution < 1.29 is 4.74 Å². The second kappa shape index (κ2) is 6.81. The molecule has 0 unspecified atom stereocenters. The lowest BCUT2D eigenvalue weighted by molar-refractivity contribution is 0.352. The Bertz CT molecular complexity index is 407. The minimum Gasteiger partial charge on any atom is -0.489 e. The van der Waals surface area contributed by atoms with Crippen LogP contribution in [0.2, 0.25) is 5.02 Å². The molecular weight excluding hydrogens is 246 g/mol. The molecule has 1 aromatic carbocycles. The van der Waals surface area contributed by atoms with Crippen molar-refractivity contribution in [2.24, 2.45) is 0 Å². The Labute approximate surface area is 115 Å². The smallest absolute Gasteiger partial charge is 0.125 e. The van der Waals surface area contributed by atoms with Crippen molar-refractivity contribution in [3.8, 4) is 5.75 Å². The number of nitrogens with one attached hydrogen (secondary N) is 1. The van der Waals surface area contributed by atoms with Crippen LogP contribution in [0.5, 0.6) is 5.75 Å². The lowest BCUT2D eigenvalue weighted by Gasteiger charge is -2.22. The summed E-state index contributed by atoms with van der Waals surface area (Å²) >= 11 is 6.23. The third-order valence-electron chi connectivity index (χ3n) is 2.44. The molecule has 18 heavy (non-hydrogen) atoms. The van der Waals surface area contributed by atoms with Crippen molar-refractivity contribution in [3.63, 3.8) is 0 Å². The molecule has 1 aromatic rings. The Hall–Kier alpha value is -0.990. The summed E-state index contributed by atoms with van der Waals surface area (Å²) in [5, 5.41) is 4.17. The molecule has 0 aliphatic carbocycles. The summed E-state index contributed by atoms with van der Waals surface area (Å²) in [6.45, 7) is 9.63. The van der Waals surface area contributed by atoms with Crippen LogP contribution in [-0.4, -0.2) is 12.1 Å². The van der Waals surface area contributed by atoms with Crippen LogP contribution in [0.25, 0.3) is 0 Å². The van der Waals surface area contributed by atoms with Gasteiger partial charge in [0.15, 0.2) is 0 Å². The van der Waals surface area contributed by atoms with Crippen LogP contribution in [0.3, 0.4) is 0 Å². The maximum Gasteiger partial charge on any atom is 0.125 e. The van der Waals surface area contributed by atoms with E-state index in [1.54, 1.807) is 0 Å². The third kappa shape index (κ3) is 5.11. The van der Waals surface area contributed by atoms with Gasteiger partial charge in [-0.05, 0) is 39.8 Å². The van der Waals surface area contributed by atoms with Crippen LogP contribution in [-0.2, 0) is 6.54 Å². The van der Waals surface area contributed by atoms with Gasteiger partial charge in [0.2, 0.25) is 0 Å². The standard InChI is InChI=1S/C15H22ClNO/c1-5-6-10-18-14-9-7-8-13(16)12(14)11-17-15(2,3)4/h5-9,17H,10-11H2,1-4H3/b6-5+. The van der Waals surface area contributed by atoms with E-state index in [0.29, 0.717) is 13.2 Å². The minimum absolute atomic E-state index is 0.0553. The molecule has 0 heterocycles. The molecule has 1 rings (SSSR count). The molecule has 1 N–H and O–H groups in total. The first kappa shape index (κ1) is 15.1. The molecule has 0 saturated carbocycles. The summed E-state index contributed by atoms with van der Waals surface area (Å²) in [6.07, 6.45) is 3.94. The molecule has 0 atom stereocenters. The predicted molar refractivity (Wildman–Crippen MR) is 78.4 cm³/mol. The molecule has 3 heteroatoms. The van der Waals surface area contributed by atoms with Crippen LogP contribution in [0, 0.1) is 0 Å². The van der Waals surface area contributed by atoms with Crippen molar-refractivity contribution in [3.05, 3.63) is 40.9 Å². The normalized spacial score (nSPS) is 12.1. The first-order valence-electron chi connectivity index (χ1n) is 6.20. The number of benzene rings is 1. The number of rotatable bonds is 5. The summed E-state index contributed by atoms with van der Waals surface area (Å²) in [6, 6.07) is 5.76. The van der Waals surface area contributed by atoms with Gasteiger partial charge in [0.25, 0.3) is 0 Å². The third-order valence-corrected chi connectivity index (χ3v) is 2.80. The van der Waals surface area contributed by atoms with Gasteiger partial charge in [-0.3, -0.25) is 0 Å². The van der Waals surface area contributed by atoms with Gasteiger partial charge >= 0.3 is 0 Å². The first-order valence-corrected chi connectivity index (χ1v) is 6.58. The Morgan fingerprint density at radius 3 is 2.67 bits per heavy atom. The van der Waals surface area contributed by atoms with Crippen molar-refractivity contribution in [1.29, 1.82) is 0 Å². The minimum atomic E-state index is 0.0553. The largest absolute Gasteiger partial charge is 0.489 e. The Kier molecular flexibility index (Phi) is 5.70. The van der Waals surface area contributed by atoms with Gasteiger partial charge in [0, 0.05) is 22.7 Å². The number of halogens is 1. The fraction of sp³-hybridized carbons (Fsp3) is 0.467. The van der Waals surface area contributed by atoms with E-state index in [1.807, 2.05) is 37.3 Å². The topological polar surface area (TPSA) is 21.3 Å². The molecule has 0 fully saturated rings. The molecular formula is C15H22ClNO. The monoisotopic (exact) mass is 267 g/mol. The van der Waals surface area contributed by atoms with Crippen LogP contribution in [0.4, 0.5) is 0 Å². The zero-order chi connectivity index (χ0) is 13.6. The zero-order valence-corrected chi connectivity index (χ0v) is 12.3. The summed E-state index contributed by atoms with van der Waals surface area (Å²) in [4.78, 5) is 0. The average Bonchev–Trinajstić information content (AvgIpc) is 2.27. The first-order chi connectivity index (χ1) is 8.44. The summed E-state index contributed by atoms with van der Waals surface area (Å²) < 4.78 is 5.71. The van der Waals surface area contributed by atoms with Crippen molar-refractivity contribution >= 4 is 11.6 Å². The summed E-state index contributed by atoms with van der Waals surface area (Å²) in [5.74, 6) is 0.845. The summed E-state index contributed by atoms with van der Waals surface area (Å²) in [5.41, 5.74) is 1.07. The van der Waals surface area contributed by atoms with E-state index in [-0.39, 0.29) is 5.54 Å². The van der Waals surface area contributed by atoms with Crippen LogP contribution < -0.4 is 10.1 Å². The molecule has 0 aliphatic heterocycles. The SMILES string of the molecule is C/C=C/COc1cccc(Cl)c1CNC(C)(C)C. The molecule has 0 aromatic heterocycles. The van der Waals surface area contributed by atoms with Crippen LogP contribution >= 0.6 is 11.6 Å². The molecule has 0 bridgehead atoms. The van der Waals surface area contributed by atoms with E-state index < -0.39 is 0 Å². The maximum absolute atomic E-state index is 6.23. The van der Waals surface area contributed by atoms with E-state index in [2.05, 4.69) is 26.1 Å². The highest BCUT2D eigenvalue weighted by Gasteiger charge is 2.13. The fourth-order valence-electron chi connectivity index (χ4n) is 1.43. The highest BCUT2D eigenvalue weighted by molar-refractivity contribution is 6.31. The number of ether oxygens (including phenoxy) is 1. The van der Waals surface area contributed by atoms with E-state index in [4.69, 9.17) is 16.3 Å². The lowest BCUT2D eigenvalue weighted by Crippen LogP contribution is -2.35. The van der Waals surface area contributed by atoms with Crippen molar-refractivity contribution in [2.75, 3.05) is 6.61 Å². The van der Waals surface area contributed by atoms with Gasteiger partial charge in [-0.1, -0.05) is 29.8 Å². The molecule has 0 radical (unpaired) electrons. The Morgan fingerprint density at radius 2 is 2.06 bits per heavy atom. The van der Waals surface area contributed by atoms with Crippen LogP contribution in [0.15, 0.2) is 30.4 Å². The number of hydrogen-bond acceptors (Lipinski definition) is 2. The fourth-order valence-corrected chi connectivity index (χ4v) is 1.67. The average molecular weight is 268 g/mol. The molecule has 2 nitrogen and oxygen atoms in total. The van der Waals surface area contributed by atoms with Gasteiger partial charge in [0.05, 0.1) is 0 Å². The Balaban J connectivity index is 2.80. The summed E-state index contributed by atoms with van der Waals surface area (Å²) in [7, 11) is 0. The van der Waals surface area contributed by atoms with Crippen molar-refractivity contribution in [1.82, 2.24) is 5.32 Å². The van der Waals surface area contributed by atoms with E-state index in [9.17, 15) is 0 Å². The van der Waals surface area contributed by atoms with E-state index in [1.165, 1.54) is 0 Å². The van der Waals surface area contributed by atoms with Gasteiger partial charge in [-0.2, -0.15) is 0 Å². The number of allylic oxidation sites excluding steroid dienone is 1. The molecule has 0 spiro atoms. The van der Waals surface area contributed by atoms with E-state index >= 15 is 0 Å². The lowest BCUT2D eigenvalue weighted by atomic mass is 10.1. The van der Waals surface area contributed by atoms with Crippen molar-refractivity contribution in [2.45, 2.75) is 39.8 Å². The van der Waals surface area contributed by atoms with Gasteiger partial charge in [-0.25, -0.2) is 0 Å². The Morgan fingerprint density at radius 1 is 1.33 bits per heavy atom. The van der Waals surface area contributed by atoms with Gasteiger partial charge < -0.3 is 10.1 Å². The maximum atomic E-state index is 6.23. The predicted octanol–water partition coefficient (Wildman–Crippen LogP) is 4.18.